The van der Waals surface area contributed by atoms with Crippen LogP contribution in [0.1, 0.15) is 11.1 Å². The van der Waals surface area contributed by atoms with E-state index in [0.29, 0.717) is 13.0 Å². The minimum Gasteiger partial charge on any atom is -0.381 e. The molecule has 110 valence electrons. The van der Waals surface area contributed by atoms with Crippen LogP contribution in [0.2, 0.25) is 5.02 Å². The highest BCUT2D eigenvalue weighted by atomic mass is 35.5. The van der Waals surface area contributed by atoms with Gasteiger partial charge in [0.25, 0.3) is 0 Å². The monoisotopic (exact) mass is 302 g/mol. The summed E-state index contributed by atoms with van der Waals surface area (Å²) in [4.78, 5) is 13.2. The van der Waals surface area contributed by atoms with E-state index in [1.165, 1.54) is 0 Å². The van der Waals surface area contributed by atoms with Gasteiger partial charge in [0.05, 0.1) is 6.42 Å². The zero-order valence-electron chi connectivity index (χ0n) is 12.3. The molecule has 0 aromatic heterocycles. The molecule has 2 rings (SSSR count). The van der Waals surface area contributed by atoms with E-state index in [9.17, 15) is 4.79 Å². The highest BCUT2D eigenvalue weighted by Gasteiger charge is 2.05. The fraction of sp³-hybridized carbons (Fsp3) is 0.235. The van der Waals surface area contributed by atoms with Crippen LogP contribution in [0, 0.1) is 0 Å². The number of hydrogen-bond acceptors (Lipinski definition) is 2. The van der Waals surface area contributed by atoms with Crippen LogP contribution in [-0.2, 0) is 17.8 Å². The summed E-state index contributed by atoms with van der Waals surface area (Å²) < 4.78 is 0. The number of halogens is 1. The van der Waals surface area contributed by atoms with E-state index in [-0.39, 0.29) is 5.91 Å². The van der Waals surface area contributed by atoms with Gasteiger partial charge in [0, 0.05) is 31.4 Å². The van der Waals surface area contributed by atoms with Crippen molar-refractivity contribution in [3.8, 4) is 0 Å². The molecule has 0 unspecified atom stereocenters. The Kier molecular flexibility index (Phi) is 5.23. The molecule has 0 saturated heterocycles. The number of carbonyl (C=O) groups excluding carboxylic acids is 1. The number of anilines is 1. The van der Waals surface area contributed by atoms with Crippen LogP contribution in [0.25, 0.3) is 0 Å². The van der Waals surface area contributed by atoms with Crippen molar-refractivity contribution in [2.45, 2.75) is 13.0 Å². The number of nitrogens with zero attached hydrogens (tertiary/aromatic N) is 1. The van der Waals surface area contributed by atoms with E-state index >= 15 is 0 Å². The van der Waals surface area contributed by atoms with Crippen LogP contribution in [0.15, 0.2) is 48.5 Å². The largest absolute Gasteiger partial charge is 0.381 e. The first kappa shape index (κ1) is 15.4. The molecular weight excluding hydrogens is 284 g/mol. The second kappa shape index (κ2) is 7.14. The smallest absolute Gasteiger partial charge is 0.226 e. The first-order valence-electron chi connectivity index (χ1n) is 6.82. The van der Waals surface area contributed by atoms with Gasteiger partial charge in [-0.1, -0.05) is 41.9 Å². The average molecular weight is 303 g/mol. The summed E-state index contributed by atoms with van der Waals surface area (Å²) in [6, 6.07) is 15.7. The van der Waals surface area contributed by atoms with Crippen molar-refractivity contribution in [1.29, 1.82) is 0 Å². The predicted molar refractivity (Wildman–Crippen MR) is 87.6 cm³/mol. The number of carbonyl (C=O) groups is 1. The molecule has 0 radical (unpaired) electrons. The summed E-state index contributed by atoms with van der Waals surface area (Å²) in [5, 5.41) is 4.09. The maximum absolute atomic E-state index is 11.6. The quantitative estimate of drug-likeness (QED) is 0.915. The predicted octanol–water partition coefficient (Wildman–Crippen LogP) is 3.58. The minimum absolute atomic E-state index is 0.103. The van der Waals surface area contributed by atoms with E-state index in [1.54, 1.807) is 19.0 Å². The Bertz CT molecular complexity index is 608. The summed E-state index contributed by atoms with van der Waals surface area (Å²) in [7, 11) is 3.53. The highest BCUT2D eigenvalue weighted by Crippen LogP contribution is 2.17. The van der Waals surface area contributed by atoms with Crippen LogP contribution < -0.4 is 5.32 Å². The molecule has 0 saturated carbocycles. The Morgan fingerprint density at radius 3 is 2.38 bits per heavy atom. The molecule has 2 aromatic rings. The molecule has 4 heteroatoms. The van der Waals surface area contributed by atoms with E-state index in [0.717, 1.165) is 21.8 Å². The first-order chi connectivity index (χ1) is 10.1. The van der Waals surface area contributed by atoms with Crippen LogP contribution in [-0.4, -0.2) is 24.9 Å². The third-order valence-electron chi connectivity index (χ3n) is 3.25. The maximum Gasteiger partial charge on any atom is 0.226 e. The van der Waals surface area contributed by atoms with Gasteiger partial charge in [0.1, 0.15) is 0 Å². The van der Waals surface area contributed by atoms with Gasteiger partial charge in [-0.05, 0) is 29.3 Å². The van der Waals surface area contributed by atoms with Crippen molar-refractivity contribution in [3.05, 3.63) is 64.7 Å². The molecule has 0 bridgehead atoms. The third kappa shape index (κ3) is 4.50. The summed E-state index contributed by atoms with van der Waals surface area (Å²) in [5.41, 5.74) is 3.08. The third-order valence-corrected chi connectivity index (χ3v) is 3.62. The lowest BCUT2D eigenvalue weighted by atomic mass is 10.1. The molecule has 3 nitrogen and oxygen atoms in total. The van der Waals surface area contributed by atoms with Crippen LogP contribution in [0.4, 0.5) is 5.69 Å². The fourth-order valence-corrected chi connectivity index (χ4v) is 2.11. The molecular formula is C17H19ClN2O. The van der Waals surface area contributed by atoms with Crippen LogP contribution >= 0.6 is 11.6 Å². The molecule has 0 aliphatic rings. The fourth-order valence-electron chi connectivity index (χ4n) is 1.91. The number of hydrogen-bond donors (Lipinski definition) is 1. The van der Waals surface area contributed by atoms with Crippen molar-refractivity contribution in [3.63, 3.8) is 0 Å². The molecule has 21 heavy (non-hydrogen) atoms. The lowest BCUT2D eigenvalue weighted by Crippen LogP contribution is -2.23. The van der Waals surface area contributed by atoms with Gasteiger partial charge in [-0.15, -0.1) is 0 Å². The van der Waals surface area contributed by atoms with Crippen molar-refractivity contribution >= 4 is 23.2 Å². The first-order valence-corrected chi connectivity index (χ1v) is 7.20. The lowest BCUT2D eigenvalue weighted by Gasteiger charge is -2.11. The molecule has 0 spiro atoms. The number of nitrogens with one attached hydrogen (secondary N) is 1. The van der Waals surface area contributed by atoms with Crippen molar-refractivity contribution < 1.29 is 4.79 Å². The Labute approximate surface area is 130 Å². The number of benzene rings is 2. The van der Waals surface area contributed by atoms with Crippen molar-refractivity contribution in [2.75, 3.05) is 19.4 Å². The van der Waals surface area contributed by atoms with Gasteiger partial charge in [-0.25, -0.2) is 0 Å². The highest BCUT2D eigenvalue weighted by molar-refractivity contribution is 6.31. The molecule has 0 aliphatic carbocycles. The van der Waals surface area contributed by atoms with Gasteiger partial charge < -0.3 is 10.2 Å². The summed E-state index contributed by atoms with van der Waals surface area (Å²) in [6.45, 7) is 0.676. The Morgan fingerprint density at radius 1 is 1.10 bits per heavy atom. The van der Waals surface area contributed by atoms with Gasteiger partial charge in [-0.3, -0.25) is 4.79 Å². The zero-order chi connectivity index (χ0) is 15.2. The Morgan fingerprint density at radius 2 is 1.76 bits per heavy atom. The minimum atomic E-state index is 0.103. The van der Waals surface area contributed by atoms with Crippen molar-refractivity contribution in [1.82, 2.24) is 4.90 Å². The standard InChI is InChI=1S/C17H19ClN2O/c1-20(2)17(21)11-13-7-9-15(10-8-13)19-12-14-5-3-4-6-16(14)18/h3-10,19H,11-12H2,1-2H3. The normalized spacial score (nSPS) is 10.2. The Hall–Kier alpha value is -2.00. The summed E-state index contributed by atoms with van der Waals surface area (Å²) in [5.74, 6) is 0.103. The van der Waals surface area contributed by atoms with Gasteiger partial charge in [0.2, 0.25) is 5.91 Å². The summed E-state index contributed by atoms with van der Waals surface area (Å²) >= 11 is 6.12. The summed E-state index contributed by atoms with van der Waals surface area (Å²) in [6.07, 6.45) is 0.428. The number of amides is 1. The molecule has 1 N–H and O–H groups in total. The topological polar surface area (TPSA) is 32.3 Å². The van der Waals surface area contributed by atoms with Crippen LogP contribution in [0.3, 0.4) is 0 Å². The second-order valence-corrected chi connectivity index (χ2v) is 5.51. The van der Waals surface area contributed by atoms with E-state index in [2.05, 4.69) is 5.32 Å². The van der Waals surface area contributed by atoms with Gasteiger partial charge in [-0.2, -0.15) is 0 Å². The molecule has 1 amide bonds. The molecule has 0 fully saturated rings. The molecule has 2 aromatic carbocycles. The van der Waals surface area contributed by atoms with Crippen molar-refractivity contribution in [2.24, 2.45) is 0 Å². The van der Waals surface area contributed by atoms with E-state index in [4.69, 9.17) is 11.6 Å². The SMILES string of the molecule is CN(C)C(=O)Cc1ccc(NCc2ccccc2Cl)cc1. The van der Waals surface area contributed by atoms with E-state index in [1.807, 2.05) is 48.5 Å². The average Bonchev–Trinajstić information content (AvgIpc) is 2.48. The lowest BCUT2D eigenvalue weighted by molar-refractivity contribution is -0.127. The zero-order valence-corrected chi connectivity index (χ0v) is 13.0. The Balaban J connectivity index is 1.94. The van der Waals surface area contributed by atoms with Gasteiger partial charge in [0.15, 0.2) is 0 Å². The maximum atomic E-state index is 11.6. The second-order valence-electron chi connectivity index (χ2n) is 5.11. The van der Waals surface area contributed by atoms with Gasteiger partial charge >= 0.3 is 0 Å². The molecule has 0 aliphatic heterocycles. The van der Waals surface area contributed by atoms with E-state index < -0.39 is 0 Å². The number of likely N-dealkylation sites (N-methyl/N-ethyl adjacent to an activating group) is 1. The molecule has 0 atom stereocenters. The van der Waals surface area contributed by atoms with Crippen LogP contribution in [0.5, 0.6) is 0 Å². The molecule has 0 heterocycles. The number of rotatable bonds is 5.